The minimum absolute atomic E-state index is 0.0995. The molecule has 0 spiro atoms. The van der Waals surface area contributed by atoms with Crippen LogP contribution in [0.4, 0.5) is 9.18 Å². The van der Waals surface area contributed by atoms with E-state index in [9.17, 15) is 9.18 Å². The first-order valence-electron chi connectivity index (χ1n) is 7.38. The van der Waals surface area contributed by atoms with Gasteiger partial charge < -0.3 is 14.8 Å². The Labute approximate surface area is 138 Å². The average molecular weight is 338 g/mol. The molecule has 2 aromatic rings. The maximum absolute atomic E-state index is 13.8. The van der Waals surface area contributed by atoms with Gasteiger partial charge in [0.25, 0.3) is 0 Å². The van der Waals surface area contributed by atoms with Gasteiger partial charge in [-0.05, 0) is 25.0 Å². The van der Waals surface area contributed by atoms with E-state index in [0.29, 0.717) is 17.1 Å². The van der Waals surface area contributed by atoms with E-state index in [2.05, 4.69) is 15.5 Å². The summed E-state index contributed by atoms with van der Waals surface area (Å²) < 4.78 is 15.6. The number of hydrogen-bond acceptors (Lipinski definition) is 3. The van der Waals surface area contributed by atoms with Crippen LogP contribution in [-0.2, 0) is 13.6 Å². The number of halogens is 2. The minimum Gasteiger partial charge on any atom is -0.334 e. The van der Waals surface area contributed by atoms with Crippen molar-refractivity contribution in [3.05, 3.63) is 46.8 Å². The monoisotopic (exact) mass is 337 g/mol. The molecule has 8 heteroatoms. The number of rotatable bonds is 3. The molecule has 2 amide bonds. The van der Waals surface area contributed by atoms with Gasteiger partial charge in [-0.1, -0.05) is 17.7 Å². The molecule has 1 saturated heterocycles. The van der Waals surface area contributed by atoms with Crippen LogP contribution in [0.15, 0.2) is 24.5 Å². The van der Waals surface area contributed by atoms with E-state index in [1.165, 1.54) is 6.07 Å². The van der Waals surface area contributed by atoms with Gasteiger partial charge in [0.15, 0.2) is 5.82 Å². The van der Waals surface area contributed by atoms with Gasteiger partial charge in [0, 0.05) is 30.7 Å². The highest BCUT2D eigenvalue weighted by Gasteiger charge is 2.32. The van der Waals surface area contributed by atoms with Crippen molar-refractivity contribution in [2.24, 2.45) is 7.05 Å². The summed E-state index contributed by atoms with van der Waals surface area (Å²) in [5, 5.41) is 11.0. The number of aryl methyl sites for hydroxylation is 1. The lowest BCUT2D eigenvalue weighted by molar-refractivity contribution is 0.189. The lowest BCUT2D eigenvalue weighted by Crippen LogP contribution is -2.39. The van der Waals surface area contributed by atoms with Gasteiger partial charge in [0.2, 0.25) is 0 Å². The van der Waals surface area contributed by atoms with Gasteiger partial charge in [0.05, 0.1) is 6.04 Å². The summed E-state index contributed by atoms with van der Waals surface area (Å²) in [7, 11) is 1.85. The van der Waals surface area contributed by atoms with Crippen LogP contribution in [0.25, 0.3) is 0 Å². The molecule has 1 fully saturated rings. The fourth-order valence-corrected chi connectivity index (χ4v) is 2.97. The molecule has 0 aliphatic carbocycles. The van der Waals surface area contributed by atoms with Crippen molar-refractivity contribution >= 4 is 17.6 Å². The third kappa shape index (κ3) is 3.29. The van der Waals surface area contributed by atoms with Crippen molar-refractivity contribution < 1.29 is 9.18 Å². The molecule has 1 N–H and O–H groups in total. The molecule has 3 rings (SSSR count). The van der Waals surface area contributed by atoms with Crippen LogP contribution >= 0.6 is 11.6 Å². The molecule has 1 aliphatic rings. The summed E-state index contributed by atoms with van der Waals surface area (Å²) in [6.45, 7) is 0.760. The highest BCUT2D eigenvalue weighted by Crippen LogP contribution is 2.30. The Morgan fingerprint density at radius 3 is 3.04 bits per heavy atom. The van der Waals surface area contributed by atoms with Crippen LogP contribution in [0.5, 0.6) is 0 Å². The fraction of sp³-hybridized carbons (Fsp3) is 0.400. The predicted molar refractivity (Wildman–Crippen MR) is 83.3 cm³/mol. The normalized spacial score (nSPS) is 17.5. The molecule has 1 aromatic carbocycles. The van der Waals surface area contributed by atoms with E-state index in [-0.39, 0.29) is 18.6 Å². The van der Waals surface area contributed by atoms with Gasteiger partial charge in [-0.15, -0.1) is 10.2 Å². The van der Waals surface area contributed by atoms with Crippen molar-refractivity contribution in [2.45, 2.75) is 25.4 Å². The molecule has 0 unspecified atom stereocenters. The fourth-order valence-electron chi connectivity index (χ4n) is 2.81. The van der Waals surface area contributed by atoms with Gasteiger partial charge in [-0.25, -0.2) is 9.18 Å². The number of carbonyl (C=O) groups is 1. The molecular formula is C15H17ClFN5O. The van der Waals surface area contributed by atoms with E-state index in [0.717, 1.165) is 18.7 Å². The number of aromatic nitrogens is 3. The van der Waals surface area contributed by atoms with Gasteiger partial charge in [-0.2, -0.15) is 0 Å². The van der Waals surface area contributed by atoms with E-state index < -0.39 is 5.82 Å². The third-order valence-electron chi connectivity index (χ3n) is 4.00. The highest BCUT2D eigenvalue weighted by atomic mass is 35.5. The first-order chi connectivity index (χ1) is 11.1. The summed E-state index contributed by atoms with van der Waals surface area (Å²) in [6, 6.07) is 4.08. The SMILES string of the molecule is Cn1cnnc1[C@H]1CCCN1C(=O)NCc1ccc(Cl)cc1F. The molecule has 122 valence electrons. The summed E-state index contributed by atoms with van der Waals surface area (Å²) in [5.74, 6) is 0.333. The largest absolute Gasteiger partial charge is 0.334 e. The van der Waals surface area contributed by atoms with Gasteiger partial charge in [-0.3, -0.25) is 0 Å². The molecule has 0 bridgehead atoms. The first kappa shape index (κ1) is 15.7. The number of nitrogens with one attached hydrogen (secondary N) is 1. The highest BCUT2D eigenvalue weighted by molar-refractivity contribution is 6.30. The molecule has 0 saturated carbocycles. The number of amides is 2. The smallest absolute Gasteiger partial charge is 0.318 e. The third-order valence-corrected chi connectivity index (χ3v) is 4.24. The summed E-state index contributed by atoms with van der Waals surface area (Å²) in [5.41, 5.74) is 0.400. The lowest BCUT2D eigenvalue weighted by Gasteiger charge is -2.24. The van der Waals surface area contributed by atoms with Crippen molar-refractivity contribution in [3.8, 4) is 0 Å². The zero-order valence-electron chi connectivity index (χ0n) is 12.7. The van der Waals surface area contributed by atoms with E-state index in [1.54, 1.807) is 23.4 Å². The Morgan fingerprint density at radius 2 is 2.35 bits per heavy atom. The Kier molecular flexibility index (Phi) is 4.47. The lowest BCUT2D eigenvalue weighted by atomic mass is 10.2. The summed E-state index contributed by atoms with van der Waals surface area (Å²) in [6.07, 6.45) is 3.36. The van der Waals surface area contributed by atoms with Crippen molar-refractivity contribution in [3.63, 3.8) is 0 Å². The molecular weight excluding hydrogens is 321 g/mol. The number of benzene rings is 1. The van der Waals surface area contributed by atoms with Crippen LogP contribution < -0.4 is 5.32 Å². The molecule has 6 nitrogen and oxygen atoms in total. The minimum atomic E-state index is -0.427. The number of urea groups is 1. The number of nitrogens with zero attached hydrogens (tertiary/aromatic N) is 4. The van der Waals surface area contributed by atoms with Crippen LogP contribution in [0.1, 0.15) is 30.3 Å². The maximum Gasteiger partial charge on any atom is 0.318 e. The molecule has 2 heterocycles. The molecule has 23 heavy (non-hydrogen) atoms. The van der Waals surface area contributed by atoms with E-state index >= 15 is 0 Å². The molecule has 0 radical (unpaired) electrons. The predicted octanol–water partition coefficient (Wildman–Crippen LogP) is 2.65. The standard InChI is InChI=1S/C15H17ClFN5O/c1-21-9-19-20-14(21)13-3-2-6-22(13)15(23)18-8-10-4-5-11(16)7-12(10)17/h4-5,7,9,13H,2-3,6,8H2,1H3,(H,18,23)/t13-/m1/s1. The zero-order valence-corrected chi connectivity index (χ0v) is 13.4. The molecule has 1 atom stereocenters. The van der Waals surface area contributed by atoms with E-state index in [1.807, 2.05) is 11.6 Å². The second-order valence-corrected chi connectivity index (χ2v) is 5.98. The summed E-state index contributed by atoms with van der Waals surface area (Å²) in [4.78, 5) is 14.1. The quantitative estimate of drug-likeness (QED) is 0.936. The Morgan fingerprint density at radius 1 is 1.52 bits per heavy atom. The van der Waals surface area contributed by atoms with Crippen LogP contribution in [0.3, 0.4) is 0 Å². The molecule has 1 aromatic heterocycles. The van der Waals surface area contributed by atoms with Gasteiger partial charge in [0.1, 0.15) is 12.1 Å². The Bertz CT molecular complexity index is 720. The maximum atomic E-state index is 13.8. The number of hydrogen-bond donors (Lipinski definition) is 1. The Hall–Kier alpha value is -2.15. The second kappa shape index (κ2) is 6.54. The van der Waals surface area contributed by atoms with Crippen LogP contribution in [0, 0.1) is 5.82 Å². The van der Waals surface area contributed by atoms with E-state index in [4.69, 9.17) is 11.6 Å². The van der Waals surface area contributed by atoms with Crippen LogP contribution in [0.2, 0.25) is 5.02 Å². The Balaban J connectivity index is 1.67. The number of carbonyl (C=O) groups excluding carboxylic acids is 1. The second-order valence-electron chi connectivity index (χ2n) is 5.55. The van der Waals surface area contributed by atoms with Crippen LogP contribution in [-0.4, -0.2) is 32.2 Å². The molecule has 1 aliphatic heterocycles. The zero-order chi connectivity index (χ0) is 16.4. The van der Waals surface area contributed by atoms with Crippen molar-refractivity contribution in [1.29, 1.82) is 0 Å². The average Bonchev–Trinajstić information content (AvgIpc) is 3.14. The summed E-state index contributed by atoms with van der Waals surface area (Å²) >= 11 is 5.72. The van der Waals surface area contributed by atoms with Crippen molar-refractivity contribution in [1.82, 2.24) is 25.0 Å². The number of likely N-dealkylation sites (tertiary alicyclic amines) is 1. The first-order valence-corrected chi connectivity index (χ1v) is 7.76. The topological polar surface area (TPSA) is 63.1 Å². The van der Waals surface area contributed by atoms with Gasteiger partial charge >= 0.3 is 6.03 Å². The van der Waals surface area contributed by atoms with Crippen molar-refractivity contribution in [2.75, 3.05) is 6.54 Å².